The van der Waals surface area contributed by atoms with E-state index in [0.717, 1.165) is 41.1 Å². The molecule has 0 radical (unpaired) electrons. The smallest absolute Gasteiger partial charge is 0.273 e. The molecule has 7 nitrogen and oxygen atoms in total. The van der Waals surface area contributed by atoms with Gasteiger partial charge in [-0.1, -0.05) is 29.8 Å². The molecule has 0 saturated heterocycles. The van der Waals surface area contributed by atoms with Crippen LogP contribution in [0.3, 0.4) is 0 Å². The van der Waals surface area contributed by atoms with E-state index >= 15 is 0 Å². The van der Waals surface area contributed by atoms with Gasteiger partial charge in [-0.05, 0) is 43.2 Å². The highest BCUT2D eigenvalue weighted by atomic mass is 16.5. The number of carbonyl (C=O) groups is 1. The number of carbonyl (C=O) groups excluding carboxylic acids is 1. The third kappa shape index (κ3) is 3.56. The quantitative estimate of drug-likeness (QED) is 0.479. The Labute approximate surface area is 186 Å². The molecule has 1 amide bonds. The maximum atomic E-state index is 13.4. The molecule has 4 aromatic rings. The summed E-state index contributed by atoms with van der Waals surface area (Å²) in [6.07, 6.45) is 6.35. The molecule has 0 spiro atoms. The highest BCUT2D eigenvalue weighted by molar-refractivity contribution is 6.00. The summed E-state index contributed by atoms with van der Waals surface area (Å²) in [5, 5.41) is 7.56. The minimum atomic E-state index is -0.184. The van der Waals surface area contributed by atoms with E-state index in [-0.39, 0.29) is 11.9 Å². The lowest BCUT2D eigenvalue weighted by Crippen LogP contribution is -2.31. The van der Waals surface area contributed by atoms with Crippen molar-refractivity contribution in [1.82, 2.24) is 24.6 Å². The van der Waals surface area contributed by atoms with Crippen molar-refractivity contribution in [3.8, 4) is 17.0 Å². The number of fused-ring (bicyclic) bond motifs is 1. The number of nitrogens with one attached hydrogen (secondary N) is 1. The molecule has 5 rings (SSSR count). The SMILES string of the molecule is COc1ccc(-c2n[nH]c3c2C(c2ccc(C)cc2)N(CCCn2ccnc2)C3=O)cc1. The molecule has 2 aromatic heterocycles. The van der Waals surface area contributed by atoms with Crippen LogP contribution >= 0.6 is 0 Å². The highest BCUT2D eigenvalue weighted by Crippen LogP contribution is 2.43. The second-order valence-corrected chi connectivity index (χ2v) is 8.06. The Morgan fingerprint density at radius 3 is 2.53 bits per heavy atom. The van der Waals surface area contributed by atoms with E-state index in [2.05, 4.69) is 46.4 Å². The summed E-state index contributed by atoms with van der Waals surface area (Å²) in [5.41, 5.74) is 5.54. The van der Waals surface area contributed by atoms with Gasteiger partial charge in [-0.25, -0.2) is 4.98 Å². The number of imidazole rings is 1. The number of benzene rings is 2. The fourth-order valence-corrected chi connectivity index (χ4v) is 4.33. The van der Waals surface area contributed by atoms with Crippen LogP contribution in [-0.2, 0) is 6.54 Å². The number of hydrogen-bond acceptors (Lipinski definition) is 4. The highest BCUT2D eigenvalue weighted by Gasteiger charge is 2.41. The summed E-state index contributed by atoms with van der Waals surface area (Å²) in [6, 6.07) is 16.0. The van der Waals surface area contributed by atoms with Crippen molar-refractivity contribution in [1.29, 1.82) is 0 Å². The molecule has 0 aliphatic carbocycles. The largest absolute Gasteiger partial charge is 0.497 e. The second kappa shape index (κ2) is 8.34. The lowest BCUT2D eigenvalue weighted by atomic mass is 9.95. The number of amides is 1. The van der Waals surface area contributed by atoms with Gasteiger partial charge in [-0.3, -0.25) is 9.89 Å². The third-order valence-electron chi connectivity index (χ3n) is 5.99. The molecular weight excluding hydrogens is 402 g/mol. The van der Waals surface area contributed by atoms with Gasteiger partial charge in [0.1, 0.15) is 11.4 Å². The van der Waals surface area contributed by atoms with E-state index in [1.54, 1.807) is 19.6 Å². The minimum absolute atomic E-state index is 0.0107. The van der Waals surface area contributed by atoms with Crippen LogP contribution in [0, 0.1) is 6.92 Å². The summed E-state index contributed by atoms with van der Waals surface area (Å²) < 4.78 is 7.33. The van der Waals surface area contributed by atoms with Crippen molar-refractivity contribution in [2.75, 3.05) is 13.7 Å². The number of H-pyrrole nitrogens is 1. The van der Waals surface area contributed by atoms with E-state index in [4.69, 9.17) is 4.74 Å². The van der Waals surface area contributed by atoms with E-state index in [0.29, 0.717) is 12.2 Å². The van der Waals surface area contributed by atoms with Gasteiger partial charge in [0.2, 0.25) is 0 Å². The van der Waals surface area contributed by atoms with Crippen molar-refractivity contribution >= 4 is 5.91 Å². The Kier molecular flexibility index (Phi) is 5.23. The van der Waals surface area contributed by atoms with Gasteiger partial charge in [0.05, 0.1) is 25.2 Å². The lowest BCUT2D eigenvalue weighted by Gasteiger charge is -2.26. The molecule has 0 fully saturated rings. The Bertz CT molecular complexity index is 1210. The maximum absolute atomic E-state index is 13.4. The van der Waals surface area contributed by atoms with Crippen LogP contribution in [0.15, 0.2) is 67.3 Å². The lowest BCUT2D eigenvalue weighted by molar-refractivity contribution is 0.0739. The molecule has 1 aliphatic heterocycles. The standard InChI is InChI=1S/C25H25N5O2/c1-17-4-6-19(7-5-17)24-21-22(18-8-10-20(32-2)11-9-18)27-28-23(21)25(31)30(24)14-3-13-29-15-12-26-16-29/h4-12,15-16,24H,3,13-14H2,1-2H3,(H,27,28). The number of aromatic amines is 1. The molecule has 2 aromatic carbocycles. The third-order valence-corrected chi connectivity index (χ3v) is 5.99. The molecule has 1 N–H and O–H groups in total. The van der Waals surface area contributed by atoms with Crippen LogP contribution in [0.2, 0.25) is 0 Å². The first-order chi connectivity index (χ1) is 15.7. The normalized spacial score (nSPS) is 15.2. The molecule has 0 saturated carbocycles. The van der Waals surface area contributed by atoms with Gasteiger partial charge in [-0.2, -0.15) is 5.10 Å². The second-order valence-electron chi connectivity index (χ2n) is 8.06. The number of aryl methyl sites for hydroxylation is 2. The molecule has 32 heavy (non-hydrogen) atoms. The Morgan fingerprint density at radius 2 is 1.84 bits per heavy atom. The first-order valence-electron chi connectivity index (χ1n) is 10.7. The number of ether oxygens (including phenoxy) is 1. The van der Waals surface area contributed by atoms with Gasteiger partial charge in [-0.15, -0.1) is 0 Å². The number of hydrogen-bond donors (Lipinski definition) is 1. The Morgan fingerprint density at radius 1 is 1.06 bits per heavy atom. The van der Waals surface area contributed by atoms with Crippen molar-refractivity contribution < 1.29 is 9.53 Å². The minimum Gasteiger partial charge on any atom is -0.497 e. The predicted molar refractivity (Wildman–Crippen MR) is 121 cm³/mol. The van der Waals surface area contributed by atoms with Crippen LogP contribution in [0.4, 0.5) is 0 Å². The van der Waals surface area contributed by atoms with Crippen LogP contribution < -0.4 is 4.74 Å². The van der Waals surface area contributed by atoms with Crippen LogP contribution in [0.1, 0.15) is 39.6 Å². The first-order valence-corrected chi connectivity index (χ1v) is 10.7. The molecule has 1 aliphatic rings. The van der Waals surface area contributed by atoms with Gasteiger partial charge >= 0.3 is 0 Å². The summed E-state index contributed by atoms with van der Waals surface area (Å²) in [4.78, 5) is 19.5. The molecule has 162 valence electrons. The van der Waals surface area contributed by atoms with E-state index in [9.17, 15) is 4.79 Å². The average molecular weight is 428 g/mol. The predicted octanol–water partition coefficient (Wildman–Crippen LogP) is 4.23. The van der Waals surface area contributed by atoms with Gasteiger partial charge < -0.3 is 14.2 Å². The first kappa shape index (κ1) is 20.1. The molecule has 1 atom stereocenters. The van der Waals surface area contributed by atoms with Crippen molar-refractivity contribution in [3.63, 3.8) is 0 Å². The monoisotopic (exact) mass is 427 g/mol. The summed E-state index contributed by atoms with van der Waals surface area (Å²) in [7, 11) is 1.65. The number of rotatable bonds is 7. The fourth-order valence-electron chi connectivity index (χ4n) is 4.33. The van der Waals surface area contributed by atoms with Gasteiger partial charge in [0.15, 0.2) is 0 Å². The molecule has 7 heteroatoms. The van der Waals surface area contributed by atoms with Crippen LogP contribution in [0.25, 0.3) is 11.3 Å². The zero-order chi connectivity index (χ0) is 22.1. The van der Waals surface area contributed by atoms with Crippen molar-refractivity contribution in [2.24, 2.45) is 0 Å². The fraction of sp³-hybridized carbons (Fsp3) is 0.240. The Hall–Kier alpha value is -3.87. The van der Waals surface area contributed by atoms with Gasteiger partial charge in [0.25, 0.3) is 5.91 Å². The number of nitrogens with zero attached hydrogens (tertiary/aromatic N) is 4. The van der Waals surface area contributed by atoms with Crippen molar-refractivity contribution in [2.45, 2.75) is 25.9 Å². The van der Waals surface area contributed by atoms with Crippen molar-refractivity contribution in [3.05, 3.63) is 89.6 Å². The van der Waals surface area contributed by atoms with Gasteiger partial charge in [0, 0.05) is 36.6 Å². The Balaban J connectivity index is 1.51. The van der Waals surface area contributed by atoms with E-state index < -0.39 is 0 Å². The number of aromatic nitrogens is 4. The summed E-state index contributed by atoms with van der Waals surface area (Å²) in [6.45, 7) is 3.51. The van der Waals surface area contributed by atoms with E-state index in [1.165, 1.54) is 5.56 Å². The topological polar surface area (TPSA) is 76.0 Å². The molecule has 1 unspecified atom stereocenters. The summed E-state index contributed by atoms with van der Waals surface area (Å²) in [5.74, 6) is 0.775. The summed E-state index contributed by atoms with van der Waals surface area (Å²) >= 11 is 0. The zero-order valence-electron chi connectivity index (χ0n) is 18.2. The van der Waals surface area contributed by atoms with Crippen LogP contribution in [0.5, 0.6) is 5.75 Å². The van der Waals surface area contributed by atoms with E-state index in [1.807, 2.05) is 39.9 Å². The molecular formula is C25H25N5O2. The zero-order valence-corrected chi connectivity index (χ0v) is 18.2. The average Bonchev–Trinajstić information content (AvgIpc) is 3.54. The number of methoxy groups -OCH3 is 1. The molecule has 0 bridgehead atoms. The maximum Gasteiger partial charge on any atom is 0.273 e. The van der Waals surface area contributed by atoms with Crippen LogP contribution in [-0.4, -0.2) is 44.2 Å². The molecule has 3 heterocycles.